The van der Waals surface area contributed by atoms with Gasteiger partial charge in [-0.1, -0.05) is 35.5 Å². The molecule has 4 aromatic rings. The summed E-state index contributed by atoms with van der Waals surface area (Å²) in [4.78, 5) is 28.7. The Morgan fingerprint density at radius 2 is 1.91 bits per heavy atom. The summed E-state index contributed by atoms with van der Waals surface area (Å²) in [6.07, 6.45) is 1.45. The minimum Gasteiger partial charge on any atom is -0.493 e. The second-order valence-corrected chi connectivity index (χ2v) is 8.20. The Bertz CT molecular complexity index is 1320. The Balaban J connectivity index is 1.32. The van der Waals surface area contributed by atoms with Crippen molar-refractivity contribution in [1.29, 1.82) is 0 Å². The second kappa shape index (κ2) is 10.9. The Labute approximate surface area is 203 Å². The van der Waals surface area contributed by atoms with Crippen LogP contribution in [0.4, 0.5) is 0 Å². The number of carbonyl (C=O) groups is 2. The van der Waals surface area contributed by atoms with Crippen LogP contribution in [0.1, 0.15) is 15.9 Å². The lowest BCUT2D eigenvalue weighted by molar-refractivity contribution is -0.118. The van der Waals surface area contributed by atoms with E-state index >= 15 is 0 Å². The highest BCUT2D eigenvalue weighted by Crippen LogP contribution is 2.28. The van der Waals surface area contributed by atoms with E-state index in [1.807, 2.05) is 24.3 Å². The summed E-state index contributed by atoms with van der Waals surface area (Å²) in [5.41, 5.74) is 4.84. The summed E-state index contributed by atoms with van der Waals surface area (Å²) in [6.45, 7) is 0. The van der Waals surface area contributed by atoms with Gasteiger partial charge in [-0.25, -0.2) is 15.2 Å². The number of carbonyl (C=O) groups excluding carboxylic acids is 2. The van der Waals surface area contributed by atoms with Crippen LogP contribution in [0.15, 0.2) is 81.5 Å². The molecule has 0 spiro atoms. The molecule has 0 radical (unpaired) electrons. The van der Waals surface area contributed by atoms with Gasteiger partial charge in [0.25, 0.3) is 11.1 Å². The predicted octanol–water partition coefficient (Wildman–Crippen LogP) is 4.95. The van der Waals surface area contributed by atoms with Gasteiger partial charge in [-0.05, 0) is 60.2 Å². The van der Waals surface area contributed by atoms with Gasteiger partial charge in [0.15, 0.2) is 17.1 Å². The van der Waals surface area contributed by atoms with Gasteiger partial charge in [-0.15, -0.1) is 0 Å². The highest BCUT2D eigenvalue weighted by Gasteiger charge is 2.13. The number of hydrazone groups is 1. The molecule has 1 aromatic heterocycles. The summed E-state index contributed by atoms with van der Waals surface area (Å²) in [5.74, 6) is -0.181. The molecule has 1 heterocycles. The molecule has 0 fully saturated rings. The van der Waals surface area contributed by atoms with Crippen LogP contribution in [-0.4, -0.2) is 35.9 Å². The maximum absolute atomic E-state index is 12.3. The average Bonchev–Trinajstić information content (AvgIpc) is 3.27. The number of methoxy groups -OCH3 is 1. The minimum absolute atomic E-state index is 0.0903. The highest BCUT2D eigenvalue weighted by molar-refractivity contribution is 7.99. The molecule has 10 heteroatoms. The van der Waals surface area contributed by atoms with Crippen molar-refractivity contribution in [1.82, 2.24) is 10.4 Å². The van der Waals surface area contributed by atoms with Crippen molar-refractivity contribution in [2.24, 2.45) is 5.10 Å². The molecule has 0 atom stereocenters. The van der Waals surface area contributed by atoms with Gasteiger partial charge < -0.3 is 13.9 Å². The summed E-state index contributed by atoms with van der Waals surface area (Å²) in [6, 6.07) is 18.6. The molecule has 3 aromatic carbocycles. The first-order valence-electron chi connectivity index (χ1n) is 9.98. The number of nitrogens with one attached hydrogen (secondary N) is 1. The van der Waals surface area contributed by atoms with Crippen molar-refractivity contribution in [2.45, 2.75) is 5.22 Å². The Morgan fingerprint density at radius 3 is 2.68 bits per heavy atom. The van der Waals surface area contributed by atoms with E-state index in [2.05, 4.69) is 15.5 Å². The zero-order chi connectivity index (χ0) is 23.9. The van der Waals surface area contributed by atoms with Crippen LogP contribution in [-0.2, 0) is 4.79 Å². The standard InChI is InChI=1S/C24H18ClN3O5S/c1-31-21-12-15(6-11-20(21)32-23(30)16-7-9-17(25)10-8-16)13-26-28-22(29)14-34-24-27-18-4-2-3-5-19(18)33-24/h2-13H,14H2,1H3,(H,28,29)/b26-13-. The number of hydrogen-bond donors (Lipinski definition) is 1. The average molecular weight is 496 g/mol. The van der Waals surface area contributed by atoms with E-state index < -0.39 is 5.97 Å². The van der Waals surface area contributed by atoms with Crippen molar-refractivity contribution >= 4 is 52.6 Å². The zero-order valence-corrected chi connectivity index (χ0v) is 19.4. The van der Waals surface area contributed by atoms with Gasteiger partial charge in [0.2, 0.25) is 0 Å². The molecule has 4 rings (SSSR count). The molecule has 0 unspecified atom stereocenters. The number of para-hydroxylation sites is 2. The monoisotopic (exact) mass is 495 g/mol. The predicted molar refractivity (Wildman–Crippen MR) is 130 cm³/mol. The van der Waals surface area contributed by atoms with Gasteiger partial charge >= 0.3 is 5.97 Å². The van der Waals surface area contributed by atoms with Crippen molar-refractivity contribution in [2.75, 3.05) is 12.9 Å². The van der Waals surface area contributed by atoms with Gasteiger partial charge in [-0.2, -0.15) is 5.10 Å². The molecule has 1 N–H and O–H groups in total. The number of oxazole rings is 1. The van der Waals surface area contributed by atoms with Crippen molar-refractivity contribution < 1.29 is 23.5 Å². The van der Waals surface area contributed by atoms with Gasteiger partial charge in [0.05, 0.1) is 24.6 Å². The Morgan fingerprint density at radius 1 is 1.12 bits per heavy atom. The number of thioether (sulfide) groups is 1. The molecule has 172 valence electrons. The van der Waals surface area contributed by atoms with E-state index in [0.29, 0.717) is 32.7 Å². The summed E-state index contributed by atoms with van der Waals surface area (Å²) >= 11 is 7.02. The van der Waals surface area contributed by atoms with Crippen LogP contribution < -0.4 is 14.9 Å². The molecular formula is C24H18ClN3O5S. The third-order valence-corrected chi connectivity index (χ3v) is 5.55. The SMILES string of the molecule is COc1cc(/C=N\NC(=O)CSc2nc3ccccc3o2)ccc1OC(=O)c1ccc(Cl)cc1. The molecule has 0 aliphatic heterocycles. The third kappa shape index (κ3) is 5.94. The van der Waals surface area contributed by atoms with Gasteiger partial charge in [-0.3, -0.25) is 4.79 Å². The van der Waals surface area contributed by atoms with E-state index in [4.69, 9.17) is 25.5 Å². The number of rotatable bonds is 8. The van der Waals surface area contributed by atoms with Crippen molar-refractivity contribution in [3.63, 3.8) is 0 Å². The summed E-state index contributed by atoms with van der Waals surface area (Å²) < 4.78 is 16.3. The first-order chi connectivity index (χ1) is 16.5. The number of halogens is 1. The first kappa shape index (κ1) is 23.3. The Kier molecular flexibility index (Phi) is 7.46. The fraction of sp³-hybridized carbons (Fsp3) is 0.0833. The summed E-state index contributed by atoms with van der Waals surface area (Å²) in [7, 11) is 1.46. The van der Waals surface area contributed by atoms with Crippen LogP contribution in [0.2, 0.25) is 5.02 Å². The number of benzene rings is 3. The van der Waals surface area contributed by atoms with Crippen LogP contribution in [0.3, 0.4) is 0 Å². The number of fused-ring (bicyclic) bond motifs is 1. The number of ether oxygens (including phenoxy) is 2. The molecule has 8 nitrogen and oxygen atoms in total. The molecule has 0 saturated heterocycles. The molecule has 0 aliphatic rings. The lowest BCUT2D eigenvalue weighted by Crippen LogP contribution is -2.19. The van der Waals surface area contributed by atoms with Crippen LogP contribution in [0, 0.1) is 0 Å². The molecule has 0 aliphatic carbocycles. The fourth-order valence-electron chi connectivity index (χ4n) is 2.84. The van der Waals surface area contributed by atoms with E-state index in [9.17, 15) is 9.59 Å². The van der Waals surface area contributed by atoms with Crippen molar-refractivity contribution in [3.05, 3.63) is 82.9 Å². The second-order valence-electron chi connectivity index (χ2n) is 6.84. The smallest absolute Gasteiger partial charge is 0.343 e. The summed E-state index contributed by atoms with van der Waals surface area (Å²) in [5, 5.41) is 4.89. The number of esters is 1. The first-order valence-corrected chi connectivity index (χ1v) is 11.3. The number of amides is 1. The zero-order valence-electron chi connectivity index (χ0n) is 17.9. The Hall–Kier alpha value is -3.82. The van der Waals surface area contributed by atoms with Gasteiger partial charge in [0, 0.05) is 5.02 Å². The van der Waals surface area contributed by atoms with E-state index in [0.717, 1.165) is 5.52 Å². The number of hydrogen-bond acceptors (Lipinski definition) is 8. The normalized spacial score (nSPS) is 11.0. The molecule has 34 heavy (non-hydrogen) atoms. The third-order valence-electron chi connectivity index (χ3n) is 4.47. The number of nitrogens with zero attached hydrogens (tertiary/aromatic N) is 2. The van der Waals surface area contributed by atoms with Crippen molar-refractivity contribution in [3.8, 4) is 11.5 Å². The van der Waals surface area contributed by atoms with E-state index in [-0.39, 0.29) is 17.4 Å². The van der Waals surface area contributed by atoms with Crippen LogP contribution in [0.5, 0.6) is 11.5 Å². The highest BCUT2D eigenvalue weighted by atomic mass is 35.5. The lowest BCUT2D eigenvalue weighted by Gasteiger charge is -2.10. The molecule has 0 bridgehead atoms. The molecule has 1 amide bonds. The maximum Gasteiger partial charge on any atom is 0.343 e. The lowest BCUT2D eigenvalue weighted by atomic mass is 10.2. The molecule has 0 saturated carbocycles. The fourth-order valence-corrected chi connectivity index (χ4v) is 3.60. The minimum atomic E-state index is -0.542. The quantitative estimate of drug-likeness (QED) is 0.121. The topological polar surface area (TPSA) is 103 Å². The van der Waals surface area contributed by atoms with Crippen LogP contribution >= 0.6 is 23.4 Å². The molecular weight excluding hydrogens is 478 g/mol. The van der Waals surface area contributed by atoms with E-state index in [1.165, 1.54) is 25.1 Å². The largest absolute Gasteiger partial charge is 0.493 e. The van der Waals surface area contributed by atoms with Crippen LogP contribution in [0.25, 0.3) is 11.1 Å². The van der Waals surface area contributed by atoms with Gasteiger partial charge in [0.1, 0.15) is 5.52 Å². The maximum atomic E-state index is 12.3. The number of aromatic nitrogens is 1. The van der Waals surface area contributed by atoms with E-state index in [1.54, 1.807) is 42.5 Å².